The zero-order chi connectivity index (χ0) is 34.9. The number of hydrogen-bond acceptors (Lipinski definition) is 1. The van der Waals surface area contributed by atoms with Gasteiger partial charge in [0.25, 0.3) is 0 Å². The molecule has 1 nitrogen and oxygen atoms in total. The van der Waals surface area contributed by atoms with Crippen LogP contribution in [0.15, 0.2) is 121 Å². The maximum atomic E-state index is 2.54. The molecule has 0 N–H and O–H groups in total. The number of nitrogens with zero attached hydrogens (tertiary/aromatic N) is 1. The van der Waals surface area contributed by atoms with E-state index in [0.29, 0.717) is 5.41 Å². The molecule has 6 aliphatic rings. The zero-order valence-electron chi connectivity index (χ0n) is 31.4. The molecule has 0 aromatic heterocycles. The molecule has 0 heterocycles. The summed E-state index contributed by atoms with van der Waals surface area (Å²) in [6, 6.07) is 47.5. The molecule has 4 bridgehead atoms. The Morgan fingerprint density at radius 2 is 0.962 bits per heavy atom. The van der Waals surface area contributed by atoms with E-state index >= 15 is 0 Å². The van der Waals surface area contributed by atoms with Gasteiger partial charge < -0.3 is 4.90 Å². The Hall–Kier alpha value is -4.10. The van der Waals surface area contributed by atoms with Gasteiger partial charge in [0.15, 0.2) is 0 Å². The van der Waals surface area contributed by atoms with Crippen LogP contribution >= 0.6 is 0 Å². The maximum Gasteiger partial charge on any atom is 0.0465 e. The summed E-state index contributed by atoms with van der Waals surface area (Å²) in [6.45, 7) is 4.80. The van der Waals surface area contributed by atoms with Gasteiger partial charge in [0.1, 0.15) is 0 Å². The Bertz CT molecular complexity index is 2020. The van der Waals surface area contributed by atoms with Crippen LogP contribution in [0.1, 0.15) is 125 Å². The van der Waals surface area contributed by atoms with Gasteiger partial charge in [-0.3, -0.25) is 0 Å². The molecule has 5 saturated carbocycles. The van der Waals surface area contributed by atoms with E-state index in [0.717, 1.165) is 17.8 Å². The predicted octanol–water partition coefficient (Wildman–Crippen LogP) is 14.0. The van der Waals surface area contributed by atoms with Gasteiger partial charge >= 0.3 is 0 Å². The molecule has 0 atom stereocenters. The molecule has 264 valence electrons. The van der Waals surface area contributed by atoms with Crippen molar-refractivity contribution in [3.63, 3.8) is 0 Å². The molecule has 0 unspecified atom stereocenters. The number of rotatable bonds is 6. The molecular weight excluding hydrogens is 627 g/mol. The monoisotopic (exact) mass is 681 g/mol. The predicted molar refractivity (Wildman–Crippen MR) is 218 cm³/mol. The highest BCUT2D eigenvalue weighted by Crippen LogP contribution is 2.61. The normalized spacial score (nSPS) is 26.6. The summed E-state index contributed by atoms with van der Waals surface area (Å²) in [6.07, 6.45) is 17.8. The lowest BCUT2D eigenvalue weighted by molar-refractivity contribution is -0.00518. The lowest BCUT2D eigenvalue weighted by Gasteiger charge is -2.57. The van der Waals surface area contributed by atoms with Crippen LogP contribution in [0.5, 0.6) is 0 Å². The minimum atomic E-state index is -0.0416. The Labute approximate surface area is 312 Å². The van der Waals surface area contributed by atoms with Crippen LogP contribution in [0.2, 0.25) is 0 Å². The van der Waals surface area contributed by atoms with Crippen molar-refractivity contribution in [1.29, 1.82) is 0 Å². The second-order valence-corrected chi connectivity index (χ2v) is 18.2. The first-order chi connectivity index (χ1) is 25.4. The molecule has 5 fully saturated rings. The summed E-state index contributed by atoms with van der Waals surface area (Å²) in [5.41, 5.74) is 14.4. The fraction of sp³-hybridized carbons (Fsp3) is 0.412. The molecule has 52 heavy (non-hydrogen) atoms. The summed E-state index contributed by atoms with van der Waals surface area (Å²) >= 11 is 0. The molecule has 5 aromatic carbocycles. The first-order valence-corrected chi connectivity index (χ1v) is 20.7. The number of hydrogen-bond donors (Lipinski definition) is 0. The minimum Gasteiger partial charge on any atom is -0.310 e. The van der Waals surface area contributed by atoms with E-state index in [9.17, 15) is 0 Å². The van der Waals surface area contributed by atoms with Gasteiger partial charge in [-0.15, -0.1) is 0 Å². The van der Waals surface area contributed by atoms with E-state index in [1.54, 1.807) is 5.56 Å². The molecule has 1 heteroatoms. The maximum absolute atomic E-state index is 2.54. The summed E-state index contributed by atoms with van der Waals surface area (Å²) in [4.78, 5) is 2.54. The average molecular weight is 682 g/mol. The van der Waals surface area contributed by atoms with Crippen LogP contribution in [0.25, 0.3) is 11.1 Å². The van der Waals surface area contributed by atoms with Crippen LogP contribution in [0.3, 0.4) is 0 Å². The van der Waals surface area contributed by atoms with E-state index in [2.05, 4.69) is 140 Å². The first kappa shape index (κ1) is 32.5. The third-order valence-corrected chi connectivity index (χ3v) is 14.8. The zero-order valence-corrected chi connectivity index (χ0v) is 31.4. The van der Waals surface area contributed by atoms with Crippen LogP contribution in [0.4, 0.5) is 17.1 Å². The van der Waals surface area contributed by atoms with Crippen molar-refractivity contribution in [3.05, 3.63) is 149 Å². The Morgan fingerprint density at radius 1 is 0.462 bits per heavy atom. The van der Waals surface area contributed by atoms with Crippen LogP contribution in [-0.2, 0) is 16.2 Å². The second kappa shape index (κ2) is 12.5. The van der Waals surface area contributed by atoms with E-state index < -0.39 is 0 Å². The van der Waals surface area contributed by atoms with E-state index in [1.807, 2.05) is 0 Å². The van der Waals surface area contributed by atoms with Gasteiger partial charge in [-0.2, -0.15) is 0 Å². The van der Waals surface area contributed by atoms with Crippen molar-refractivity contribution < 1.29 is 0 Å². The summed E-state index contributed by atoms with van der Waals surface area (Å²) in [7, 11) is 0. The van der Waals surface area contributed by atoms with Crippen LogP contribution < -0.4 is 4.90 Å². The van der Waals surface area contributed by atoms with Crippen molar-refractivity contribution in [3.8, 4) is 11.1 Å². The first-order valence-electron chi connectivity index (χ1n) is 20.7. The molecule has 0 aliphatic heterocycles. The molecule has 0 radical (unpaired) electrons. The summed E-state index contributed by atoms with van der Waals surface area (Å²) in [5, 5.41) is 0. The fourth-order valence-electron chi connectivity index (χ4n) is 12.6. The van der Waals surface area contributed by atoms with Gasteiger partial charge in [0.05, 0.1) is 0 Å². The molecule has 0 saturated heterocycles. The van der Waals surface area contributed by atoms with Crippen LogP contribution in [-0.4, -0.2) is 0 Å². The van der Waals surface area contributed by atoms with E-state index in [1.165, 1.54) is 134 Å². The molecule has 5 aromatic rings. The highest BCUT2D eigenvalue weighted by atomic mass is 15.1. The van der Waals surface area contributed by atoms with Gasteiger partial charge in [0.2, 0.25) is 0 Å². The standard InChI is InChI=1S/C51H55N/c1-49(2)47-16-10-9-15-45(47)46-26-25-44(32-48(46)49)52(42-21-17-39(18-22-42)50-33-36-29-37(34-50)31-38(30-36)35-50)43-23-19-41(20-24-43)51(40-13-7-6-8-14-40)27-11-4-3-5-12-28-51/h6-10,13-26,32,36-38H,3-5,11-12,27-31,33-35H2,1-2H3. The number of fused-ring (bicyclic) bond motifs is 3. The fourth-order valence-corrected chi connectivity index (χ4v) is 12.6. The lowest BCUT2D eigenvalue weighted by atomic mass is 9.48. The quantitative estimate of drug-likeness (QED) is 0.172. The van der Waals surface area contributed by atoms with Crippen molar-refractivity contribution >= 4 is 17.1 Å². The van der Waals surface area contributed by atoms with Gasteiger partial charge in [-0.05, 0) is 150 Å². The minimum absolute atomic E-state index is 0.0416. The second-order valence-electron chi connectivity index (χ2n) is 18.2. The Balaban J connectivity index is 1.06. The van der Waals surface area contributed by atoms with E-state index in [-0.39, 0.29) is 10.8 Å². The van der Waals surface area contributed by atoms with Crippen molar-refractivity contribution in [2.75, 3.05) is 4.90 Å². The van der Waals surface area contributed by atoms with Crippen molar-refractivity contribution in [2.24, 2.45) is 17.8 Å². The smallest absolute Gasteiger partial charge is 0.0465 e. The molecule has 11 rings (SSSR count). The Kier molecular flexibility index (Phi) is 7.82. The third kappa shape index (κ3) is 5.24. The highest BCUT2D eigenvalue weighted by Gasteiger charge is 2.51. The van der Waals surface area contributed by atoms with E-state index in [4.69, 9.17) is 0 Å². The number of benzene rings is 5. The van der Waals surface area contributed by atoms with Crippen LogP contribution in [0, 0.1) is 17.8 Å². The molecule has 0 spiro atoms. The van der Waals surface area contributed by atoms with Gasteiger partial charge in [0, 0.05) is 27.9 Å². The molecule has 6 aliphatic carbocycles. The SMILES string of the molecule is CC1(C)c2ccccc2-c2ccc(N(c3ccc(C45CC6CC(CC(C6)C4)C5)cc3)c3ccc(C4(c5ccccc5)CCCCCCC4)cc3)cc21. The highest BCUT2D eigenvalue weighted by molar-refractivity contribution is 5.85. The van der Waals surface area contributed by atoms with Crippen molar-refractivity contribution in [1.82, 2.24) is 0 Å². The lowest BCUT2D eigenvalue weighted by Crippen LogP contribution is -2.48. The number of anilines is 3. The average Bonchev–Trinajstić information content (AvgIpc) is 3.38. The van der Waals surface area contributed by atoms with Gasteiger partial charge in [-0.1, -0.05) is 131 Å². The van der Waals surface area contributed by atoms with Crippen molar-refractivity contribution in [2.45, 2.75) is 114 Å². The largest absolute Gasteiger partial charge is 0.310 e. The van der Waals surface area contributed by atoms with Gasteiger partial charge in [-0.25, -0.2) is 0 Å². The Morgan fingerprint density at radius 3 is 1.60 bits per heavy atom. The molecule has 0 amide bonds. The third-order valence-electron chi connectivity index (χ3n) is 14.8. The summed E-state index contributed by atoms with van der Waals surface area (Å²) in [5.74, 6) is 2.87. The molecular formula is C51H55N. The summed E-state index contributed by atoms with van der Waals surface area (Å²) < 4.78 is 0. The topological polar surface area (TPSA) is 3.24 Å².